The molecular weight excluding hydrogens is 680 g/mol. The lowest BCUT2D eigenvalue weighted by atomic mass is 9.97. The molecule has 0 spiro atoms. The number of hydrogen-bond acceptors (Lipinski definition) is 8. The van der Waals surface area contributed by atoms with Crippen molar-refractivity contribution >= 4 is 16.9 Å². The third kappa shape index (κ3) is 9.16. The van der Waals surface area contributed by atoms with Gasteiger partial charge in [-0.25, -0.2) is 0 Å². The van der Waals surface area contributed by atoms with Crippen LogP contribution in [0.3, 0.4) is 0 Å². The molecule has 4 aromatic carbocycles. The number of rotatable bonds is 19. The molecule has 8 nitrogen and oxygen atoms in total. The molecule has 0 radical (unpaired) electrons. The van der Waals surface area contributed by atoms with Crippen molar-refractivity contribution in [3.63, 3.8) is 0 Å². The number of ether oxygens (including phenoxy) is 3. The molecule has 0 bridgehead atoms. The average molecular weight is 731 g/mol. The van der Waals surface area contributed by atoms with Gasteiger partial charge in [-0.05, 0) is 50.3 Å². The first-order valence-corrected chi connectivity index (χ1v) is 19.4. The summed E-state index contributed by atoms with van der Waals surface area (Å²) in [5.41, 5.74) is 1.14. The fourth-order valence-electron chi connectivity index (χ4n) is 6.92. The predicted octanol–water partition coefficient (Wildman–Crippen LogP) is 11.5. The number of benzene rings is 4. The second-order valence-corrected chi connectivity index (χ2v) is 14.0. The molecule has 1 aliphatic rings. The molecule has 6 rings (SSSR count). The fraction of sp³-hybridized carbons (Fsp3) is 0.348. The van der Waals surface area contributed by atoms with Gasteiger partial charge in [0.1, 0.15) is 22.5 Å². The minimum absolute atomic E-state index is 0.0429. The molecule has 0 fully saturated rings. The summed E-state index contributed by atoms with van der Waals surface area (Å²) < 4.78 is 25.0. The van der Waals surface area contributed by atoms with Gasteiger partial charge in [0.2, 0.25) is 11.2 Å². The molecule has 5 aromatic rings. The van der Waals surface area contributed by atoms with E-state index in [0.29, 0.717) is 23.5 Å². The van der Waals surface area contributed by atoms with Crippen molar-refractivity contribution < 1.29 is 33.6 Å². The van der Waals surface area contributed by atoms with Crippen molar-refractivity contribution in [2.24, 2.45) is 0 Å². The van der Waals surface area contributed by atoms with Crippen LogP contribution in [0.2, 0.25) is 0 Å². The second kappa shape index (κ2) is 18.5. The second-order valence-electron chi connectivity index (χ2n) is 14.0. The molecule has 0 unspecified atom stereocenters. The van der Waals surface area contributed by atoms with Crippen molar-refractivity contribution in [1.82, 2.24) is 0 Å². The Kier molecular flexibility index (Phi) is 13.1. The number of esters is 1. The van der Waals surface area contributed by atoms with Crippen LogP contribution in [0, 0.1) is 0 Å². The molecule has 2 heterocycles. The Morgan fingerprint density at radius 2 is 1.30 bits per heavy atom. The summed E-state index contributed by atoms with van der Waals surface area (Å²) in [5, 5.41) is 20.6. The molecule has 54 heavy (non-hydrogen) atoms. The number of unbranched alkanes of at least 4 members (excludes halogenated alkanes) is 11. The maximum Gasteiger partial charge on any atom is 0.311 e. The Morgan fingerprint density at radius 3 is 1.94 bits per heavy atom. The van der Waals surface area contributed by atoms with Crippen molar-refractivity contribution in [2.75, 3.05) is 0 Å². The van der Waals surface area contributed by atoms with Crippen LogP contribution < -0.4 is 19.6 Å². The van der Waals surface area contributed by atoms with Crippen LogP contribution in [-0.4, -0.2) is 16.2 Å². The van der Waals surface area contributed by atoms with Gasteiger partial charge in [0.25, 0.3) is 0 Å². The molecule has 0 aliphatic carbocycles. The Hall–Kier alpha value is -5.50. The maximum atomic E-state index is 13.9. The molecule has 0 amide bonds. The first kappa shape index (κ1) is 38.2. The van der Waals surface area contributed by atoms with Crippen molar-refractivity contribution in [2.45, 2.75) is 103 Å². The van der Waals surface area contributed by atoms with Crippen LogP contribution >= 0.6 is 0 Å². The van der Waals surface area contributed by atoms with Crippen molar-refractivity contribution in [3.05, 3.63) is 124 Å². The first-order valence-electron chi connectivity index (χ1n) is 19.4. The van der Waals surface area contributed by atoms with Gasteiger partial charge in [0.05, 0.1) is 0 Å². The van der Waals surface area contributed by atoms with Crippen LogP contribution in [0.25, 0.3) is 22.3 Å². The van der Waals surface area contributed by atoms with Gasteiger partial charge < -0.3 is 28.8 Å². The molecule has 1 aliphatic heterocycles. The molecule has 2 N–H and O–H groups in total. The third-order valence-corrected chi connectivity index (χ3v) is 9.80. The molecule has 0 saturated carbocycles. The van der Waals surface area contributed by atoms with Crippen LogP contribution in [-0.2, 0) is 10.6 Å². The van der Waals surface area contributed by atoms with Gasteiger partial charge in [0, 0.05) is 35.2 Å². The van der Waals surface area contributed by atoms with E-state index in [-0.39, 0.29) is 34.6 Å². The third-order valence-electron chi connectivity index (χ3n) is 9.80. The predicted molar refractivity (Wildman–Crippen MR) is 211 cm³/mol. The minimum Gasteiger partial charge on any atom is -0.508 e. The van der Waals surface area contributed by atoms with Gasteiger partial charge in [-0.2, -0.15) is 0 Å². The number of phenols is 2. The highest BCUT2D eigenvalue weighted by atomic mass is 16.7. The summed E-state index contributed by atoms with van der Waals surface area (Å²) >= 11 is 0. The van der Waals surface area contributed by atoms with Crippen molar-refractivity contribution in [1.29, 1.82) is 0 Å². The lowest BCUT2D eigenvalue weighted by Crippen LogP contribution is -2.36. The lowest BCUT2D eigenvalue weighted by molar-refractivity contribution is -0.134. The number of aromatic hydroxyl groups is 2. The number of carbonyl (C=O) groups excluding carboxylic acids is 1. The summed E-state index contributed by atoms with van der Waals surface area (Å²) in [6, 6.07) is 26.5. The van der Waals surface area contributed by atoms with Crippen LogP contribution in [0.1, 0.15) is 108 Å². The van der Waals surface area contributed by atoms with Gasteiger partial charge in [-0.1, -0.05) is 131 Å². The summed E-state index contributed by atoms with van der Waals surface area (Å²) in [7, 11) is 0. The Balaban J connectivity index is 1.13. The zero-order valence-corrected chi connectivity index (χ0v) is 31.1. The number of allylic oxidation sites excluding steroid dienone is 2. The zero-order chi connectivity index (χ0) is 37.8. The van der Waals surface area contributed by atoms with Crippen molar-refractivity contribution in [3.8, 4) is 40.1 Å². The summed E-state index contributed by atoms with van der Waals surface area (Å²) in [5.74, 6) is -2.17. The van der Waals surface area contributed by atoms with Gasteiger partial charge in [-0.3, -0.25) is 9.59 Å². The van der Waals surface area contributed by atoms with E-state index < -0.39 is 22.9 Å². The smallest absolute Gasteiger partial charge is 0.311 e. The highest BCUT2D eigenvalue weighted by Crippen LogP contribution is 2.49. The van der Waals surface area contributed by atoms with E-state index in [1.54, 1.807) is 18.2 Å². The van der Waals surface area contributed by atoms with E-state index >= 15 is 0 Å². The highest BCUT2D eigenvalue weighted by molar-refractivity contribution is 5.89. The SMILES string of the molecule is CCCCCCCC/C=C\CCCCCCCC(=O)Oc1c(-c2ccc3c(c2)OC(c2ccccc2)(c2ccccc2)O3)oc2cc(O)cc(O)c2c1=O. The number of phenolic OH excluding ortho intramolecular Hbond substituents is 2. The largest absolute Gasteiger partial charge is 0.508 e. The Bertz CT molecular complexity index is 2040. The number of carbonyl (C=O) groups is 1. The topological polar surface area (TPSA) is 115 Å². The summed E-state index contributed by atoms with van der Waals surface area (Å²) in [4.78, 5) is 27.1. The molecule has 282 valence electrons. The van der Waals surface area contributed by atoms with Crippen LogP contribution in [0.15, 0.2) is 112 Å². The monoisotopic (exact) mass is 730 g/mol. The van der Waals surface area contributed by atoms with Gasteiger partial charge in [-0.15, -0.1) is 0 Å². The van der Waals surface area contributed by atoms with E-state index in [1.807, 2.05) is 60.7 Å². The lowest BCUT2D eigenvalue weighted by Gasteiger charge is -2.28. The molecule has 0 saturated heterocycles. The van der Waals surface area contributed by atoms with Crippen LogP contribution in [0.5, 0.6) is 28.7 Å². The quantitative estimate of drug-likeness (QED) is 0.0490. The standard InChI is InChI=1S/C46H50O8/c1-2-3-4-5-6-7-8-9-10-11-12-13-14-15-22-27-41(49)52-45-43(50)42-37(48)31-36(47)32-40(42)51-44(45)33-28-29-38-39(30-33)54-46(53-38,34-23-18-16-19-24-34)35-25-20-17-21-26-35/h9-10,16-21,23-26,28-32,47-48H,2-8,11-15,22,27H2,1H3/b10-9-. The van der Waals surface area contributed by atoms with E-state index in [0.717, 1.165) is 55.7 Å². The van der Waals surface area contributed by atoms with E-state index in [4.69, 9.17) is 18.6 Å². The Morgan fingerprint density at radius 1 is 0.704 bits per heavy atom. The summed E-state index contributed by atoms with van der Waals surface area (Å²) in [6.45, 7) is 2.24. The maximum absolute atomic E-state index is 13.9. The summed E-state index contributed by atoms with van der Waals surface area (Å²) in [6.07, 6.45) is 19.5. The average Bonchev–Trinajstić information content (AvgIpc) is 3.58. The first-order chi connectivity index (χ1) is 26.4. The zero-order valence-electron chi connectivity index (χ0n) is 31.1. The fourth-order valence-corrected chi connectivity index (χ4v) is 6.92. The highest BCUT2D eigenvalue weighted by Gasteiger charge is 2.45. The van der Waals surface area contributed by atoms with Gasteiger partial charge in [0.15, 0.2) is 17.3 Å². The van der Waals surface area contributed by atoms with E-state index in [9.17, 15) is 19.8 Å². The molecule has 0 atom stereocenters. The van der Waals surface area contributed by atoms with E-state index in [2.05, 4.69) is 19.1 Å². The molecule has 1 aromatic heterocycles. The number of hydrogen-bond donors (Lipinski definition) is 2. The molecular formula is C46H50O8. The normalized spacial score (nSPS) is 13.1. The minimum atomic E-state index is -1.27. The molecule has 8 heteroatoms. The van der Waals surface area contributed by atoms with Gasteiger partial charge >= 0.3 is 11.8 Å². The van der Waals surface area contributed by atoms with Crippen LogP contribution in [0.4, 0.5) is 0 Å². The Labute approximate surface area is 317 Å². The number of fused-ring (bicyclic) bond motifs is 2. The van der Waals surface area contributed by atoms with E-state index in [1.165, 1.54) is 44.6 Å².